The lowest BCUT2D eigenvalue weighted by molar-refractivity contribution is -0.00322. The molecule has 0 saturated heterocycles. The summed E-state index contributed by atoms with van der Waals surface area (Å²) in [6.45, 7) is 0. The monoisotopic (exact) mass is 110 g/mol. The van der Waals surface area contributed by atoms with Crippen LogP contribution >= 0.6 is 0 Å². The molecule has 0 bridgehead atoms. The van der Waals surface area contributed by atoms with Crippen LogP contribution in [0.25, 0.3) is 0 Å². The van der Waals surface area contributed by atoms with Crippen LogP contribution in [-0.2, 0) is 0 Å². The molecule has 2 aliphatic carbocycles. The highest BCUT2D eigenvalue weighted by Gasteiger charge is 2.39. The van der Waals surface area contributed by atoms with Crippen molar-refractivity contribution in [1.82, 2.24) is 0 Å². The number of fused-ring (bicyclic) bond motifs is 1. The van der Waals surface area contributed by atoms with Crippen LogP contribution in [0.1, 0.15) is 12.8 Å². The first kappa shape index (κ1) is 4.57. The van der Waals surface area contributed by atoms with E-state index >= 15 is 0 Å². The van der Waals surface area contributed by atoms with Gasteiger partial charge in [-0.3, -0.25) is 0 Å². The minimum absolute atomic E-state index is 0.0231. The Morgan fingerprint density at radius 1 is 1.50 bits per heavy atom. The van der Waals surface area contributed by atoms with Crippen molar-refractivity contribution in [3.63, 3.8) is 0 Å². The Labute approximate surface area is 49.0 Å². The van der Waals surface area contributed by atoms with Gasteiger partial charge in [-0.1, -0.05) is 12.2 Å². The molecule has 1 nitrogen and oxygen atoms in total. The summed E-state index contributed by atoms with van der Waals surface area (Å²) >= 11 is 0. The lowest BCUT2D eigenvalue weighted by Crippen LogP contribution is -2.37. The predicted octanol–water partition coefficient (Wildman–Crippen LogP) is 0.943. The van der Waals surface area contributed by atoms with Crippen molar-refractivity contribution >= 4 is 0 Å². The van der Waals surface area contributed by atoms with Crippen molar-refractivity contribution < 1.29 is 5.11 Å². The number of hydrogen-bond donors (Lipinski definition) is 1. The number of aliphatic hydroxyl groups excluding tert-OH is 1. The second kappa shape index (κ2) is 1.35. The van der Waals surface area contributed by atoms with Gasteiger partial charge in [0.1, 0.15) is 0 Å². The summed E-state index contributed by atoms with van der Waals surface area (Å²) in [4.78, 5) is 0. The standard InChI is InChI=1S/C7H10O/c8-7-4-5-2-1-3-6(5)7/h1-2,5-8H,3-4H2/t5-,6?,7?/m0/s1. The number of rotatable bonds is 0. The minimum Gasteiger partial charge on any atom is -0.393 e. The Balaban J connectivity index is 2.08. The first-order valence-electron chi connectivity index (χ1n) is 3.22. The lowest BCUT2D eigenvalue weighted by Gasteiger charge is -2.36. The third-order valence-electron chi connectivity index (χ3n) is 2.35. The van der Waals surface area contributed by atoms with Crippen LogP contribution < -0.4 is 0 Å². The van der Waals surface area contributed by atoms with E-state index in [1.54, 1.807) is 0 Å². The Bertz CT molecular complexity index is 128. The zero-order valence-electron chi connectivity index (χ0n) is 4.75. The molecule has 0 radical (unpaired) electrons. The van der Waals surface area contributed by atoms with E-state index in [4.69, 9.17) is 5.11 Å². The van der Waals surface area contributed by atoms with E-state index in [1.165, 1.54) is 0 Å². The van der Waals surface area contributed by atoms with Gasteiger partial charge in [-0.15, -0.1) is 0 Å². The topological polar surface area (TPSA) is 20.2 Å². The molecular formula is C7H10O. The van der Waals surface area contributed by atoms with Gasteiger partial charge < -0.3 is 5.11 Å². The average Bonchev–Trinajstić information content (AvgIpc) is 2.09. The van der Waals surface area contributed by atoms with Crippen molar-refractivity contribution in [3.05, 3.63) is 12.2 Å². The fourth-order valence-corrected chi connectivity index (χ4v) is 1.68. The molecule has 0 aliphatic heterocycles. The van der Waals surface area contributed by atoms with Gasteiger partial charge in [0, 0.05) is 0 Å². The van der Waals surface area contributed by atoms with Crippen molar-refractivity contribution in [1.29, 1.82) is 0 Å². The van der Waals surface area contributed by atoms with Crippen molar-refractivity contribution in [2.24, 2.45) is 11.8 Å². The van der Waals surface area contributed by atoms with E-state index < -0.39 is 0 Å². The quantitative estimate of drug-likeness (QED) is 0.460. The molecule has 0 spiro atoms. The molecule has 3 atom stereocenters. The summed E-state index contributed by atoms with van der Waals surface area (Å²) in [6.07, 6.45) is 6.57. The molecule has 0 heterocycles. The van der Waals surface area contributed by atoms with E-state index in [9.17, 15) is 0 Å². The predicted molar refractivity (Wildman–Crippen MR) is 31.4 cm³/mol. The van der Waals surface area contributed by atoms with E-state index in [-0.39, 0.29) is 6.10 Å². The smallest absolute Gasteiger partial charge is 0.0582 e. The second-order valence-corrected chi connectivity index (χ2v) is 2.79. The van der Waals surface area contributed by atoms with Gasteiger partial charge >= 0.3 is 0 Å². The van der Waals surface area contributed by atoms with Crippen molar-refractivity contribution in [2.75, 3.05) is 0 Å². The summed E-state index contributed by atoms with van der Waals surface area (Å²) < 4.78 is 0. The summed E-state index contributed by atoms with van der Waals surface area (Å²) in [5.41, 5.74) is 0. The van der Waals surface area contributed by atoms with Gasteiger partial charge in [0.15, 0.2) is 0 Å². The number of aliphatic hydroxyl groups is 1. The molecule has 2 rings (SSSR count). The summed E-state index contributed by atoms with van der Waals surface area (Å²) in [5.74, 6) is 1.35. The van der Waals surface area contributed by atoms with Gasteiger partial charge in [0.2, 0.25) is 0 Å². The summed E-state index contributed by atoms with van der Waals surface area (Å²) in [5, 5.41) is 9.08. The molecule has 0 aromatic heterocycles. The highest BCUT2D eigenvalue weighted by Crippen LogP contribution is 2.42. The molecule has 1 heteroatoms. The highest BCUT2D eigenvalue weighted by molar-refractivity contribution is 5.09. The molecule has 2 aliphatic rings. The lowest BCUT2D eigenvalue weighted by atomic mass is 9.73. The molecule has 1 saturated carbocycles. The van der Waals surface area contributed by atoms with Crippen LogP contribution in [0.15, 0.2) is 12.2 Å². The highest BCUT2D eigenvalue weighted by atomic mass is 16.3. The Morgan fingerprint density at radius 3 is 2.88 bits per heavy atom. The van der Waals surface area contributed by atoms with Gasteiger partial charge in [-0.05, 0) is 24.7 Å². The first-order chi connectivity index (χ1) is 3.88. The maximum Gasteiger partial charge on any atom is 0.0582 e. The van der Waals surface area contributed by atoms with Gasteiger partial charge in [-0.25, -0.2) is 0 Å². The molecule has 2 unspecified atom stereocenters. The zero-order valence-corrected chi connectivity index (χ0v) is 4.75. The van der Waals surface area contributed by atoms with E-state index in [0.717, 1.165) is 18.8 Å². The van der Waals surface area contributed by atoms with Crippen LogP contribution in [0.2, 0.25) is 0 Å². The van der Waals surface area contributed by atoms with E-state index in [0.29, 0.717) is 5.92 Å². The Hall–Kier alpha value is -0.300. The van der Waals surface area contributed by atoms with Crippen LogP contribution in [0.5, 0.6) is 0 Å². The minimum atomic E-state index is 0.0231. The van der Waals surface area contributed by atoms with Gasteiger partial charge in [0.25, 0.3) is 0 Å². The van der Waals surface area contributed by atoms with Gasteiger partial charge in [-0.2, -0.15) is 0 Å². The van der Waals surface area contributed by atoms with Crippen molar-refractivity contribution in [3.8, 4) is 0 Å². The van der Waals surface area contributed by atoms with Crippen LogP contribution in [0.4, 0.5) is 0 Å². The van der Waals surface area contributed by atoms with Gasteiger partial charge in [0.05, 0.1) is 6.10 Å². The maximum absolute atomic E-state index is 9.08. The van der Waals surface area contributed by atoms with Crippen LogP contribution in [0.3, 0.4) is 0 Å². The molecule has 0 amide bonds. The molecule has 0 aromatic carbocycles. The molecule has 1 fully saturated rings. The SMILES string of the molecule is OC1C[C@@H]2C=CCC12. The Kier molecular flexibility index (Phi) is 0.770. The molecular weight excluding hydrogens is 100 g/mol. The number of allylic oxidation sites excluding steroid dienone is 2. The molecule has 8 heavy (non-hydrogen) atoms. The largest absolute Gasteiger partial charge is 0.393 e. The Morgan fingerprint density at radius 2 is 2.38 bits per heavy atom. The van der Waals surface area contributed by atoms with Crippen LogP contribution in [-0.4, -0.2) is 11.2 Å². The second-order valence-electron chi connectivity index (χ2n) is 2.79. The first-order valence-corrected chi connectivity index (χ1v) is 3.22. The molecule has 0 aromatic rings. The van der Waals surface area contributed by atoms with E-state index in [2.05, 4.69) is 12.2 Å². The van der Waals surface area contributed by atoms with Crippen molar-refractivity contribution in [2.45, 2.75) is 18.9 Å². The average molecular weight is 110 g/mol. The fraction of sp³-hybridized carbons (Fsp3) is 0.714. The van der Waals surface area contributed by atoms with E-state index in [1.807, 2.05) is 0 Å². The molecule has 1 N–H and O–H groups in total. The summed E-state index contributed by atoms with van der Waals surface area (Å²) in [6, 6.07) is 0. The zero-order chi connectivity index (χ0) is 5.56. The summed E-state index contributed by atoms with van der Waals surface area (Å²) in [7, 11) is 0. The normalized spacial score (nSPS) is 50.9. The van der Waals surface area contributed by atoms with Crippen LogP contribution in [0, 0.1) is 11.8 Å². The molecule has 44 valence electrons. The third-order valence-corrected chi connectivity index (χ3v) is 2.35. The maximum atomic E-state index is 9.08. The fourth-order valence-electron chi connectivity index (χ4n) is 1.68. The third kappa shape index (κ3) is 0.402. The number of hydrogen-bond acceptors (Lipinski definition) is 1.